The van der Waals surface area contributed by atoms with Crippen LogP contribution in [0.1, 0.15) is 24.0 Å². The molecule has 30 heavy (non-hydrogen) atoms. The quantitative estimate of drug-likeness (QED) is 0.572. The minimum Gasteiger partial charge on any atom is -0.383 e. The van der Waals surface area contributed by atoms with Crippen LogP contribution in [-0.2, 0) is 18.3 Å². The largest absolute Gasteiger partial charge is 0.383 e. The number of aromatic nitrogens is 4. The number of hydrogen-bond donors (Lipinski definition) is 1. The highest BCUT2D eigenvalue weighted by atomic mass is 16.2. The lowest BCUT2D eigenvalue weighted by Crippen LogP contribution is -2.32. The minimum absolute atomic E-state index is 0.119. The zero-order valence-electron chi connectivity index (χ0n) is 16.9. The second-order valence-electron chi connectivity index (χ2n) is 7.65. The summed E-state index contributed by atoms with van der Waals surface area (Å²) in [5.41, 5.74) is 11.7. The van der Waals surface area contributed by atoms with E-state index in [2.05, 4.69) is 21.1 Å². The maximum Gasteiger partial charge on any atom is 0.234 e. The molecule has 0 saturated carbocycles. The lowest BCUT2D eigenvalue weighted by Gasteiger charge is -2.22. The number of amides is 1. The molecule has 3 heterocycles. The number of carbonyl (C=O) groups is 1. The smallest absolute Gasteiger partial charge is 0.234 e. The third-order valence-corrected chi connectivity index (χ3v) is 5.83. The number of fused-ring (bicyclic) bond motifs is 2. The highest BCUT2D eigenvalue weighted by Crippen LogP contribution is 2.36. The van der Waals surface area contributed by atoms with Gasteiger partial charge >= 0.3 is 0 Å². The molecule has 7 nitrogen and oxygen atoms in total. The molecule has 2 N–H and O–H groups in total. The minimum atomic E-state index is -0.187. The van der Waals surface area contributed by atoms with E-state index in [1.807, 2.05) is 61.3 Å². The van der Waals surface area contributed by atoms with Crippen LogP contribution in [0.25, 0.3) is 22.3 Å². The first kappa shape index (κ1) is 18.3. The second-order valence-corrected chi connectivity index (χ2v) is 7.65. The number of aryl methyl sites for hydroxylation is 1. The van der Waals surface area contributed by atoms with Crippen molar-refractivity contribution >= 4 is 28.4 Å². The standard InChI is InChI=1S/C23H22N6O/c1-14(15-6-4-3-5-7-15)23(30)29-11-10-16-12-17(8-9-18(16)29)20-19-21(24)25-13-26-22(19)28(2)27-20/h3-9,12-14H,10-11H2,1-2H3,(H2,24,25,26)/t14-/m1/s1. The Bertz CT molecular complexity index is 1260. The van der Waals surface area contributed by atoms with Crippen molar-refractivity contribution in [2.75, 3.05) is 17.2 Å². The van der Waals surface area contributed by atoms with Crippen molar-refractivity contribution in [1.29, 1.82) is 0 Å². The SMILES string of the molecule is C[C@@H](C(=O)N1CCc2cc(-c3nn(C)c4ncnc(N)c34)ccc21)c1ccccc1. The van der Waals surface area contributed by atoms with Crippen molar-refractivity contribution in [3.8, 4) is 11.3 Å². The summed E-state index contributed by atoms with van der Waals surface area (Å²) in [4.78, 5) is 23.5. The first-order valence-electron chi connectivity index (χ1n) is 9.97. The molecular weight excluding hydrogens is 376 g/mol. The van der Waals surface area contributed by atoms with Gasteiger partial charge in [0.2, 0.25) is 5.91 Å². The van der Waals surface area contributed by atoms with Gasteiger partial charge in [-0.3, -0.25) is 4.79 Å². The van der Waals surface area contributed by atoms with Crippen LogP contribution in [0.3, 0.4) is 0 Å². The predicted octanol–water partition coefficient (Wildman–Crippen LogP) is 3.31. The summed E-state index contributed by atoms with van der Waals surface area (Å²) in [6.45, 7) is 2.65. The Morgan fingerprint density at radius 1 is 1.13 bits per heavy atom. The Hall–Kier alpha value is -3.74. The summed E-state index contributed by atoms with van der Waals surface area (Å²) in [7, 11) is 1.84. The van der Waals surface area contributed by atoms with Crippen molar-refractivity contribution in [3.63, 3.8) is 0 Å². The summed E-state index contributed by atoms with van der Waals surface area (Å²) in [6.07, 6.45) is 2.26. The van der Waals surface area contributed by atoms with E-state index in [1.54, 1.807) is 4.68 Å². The number of anilines is 2. The Morgan fingerprint density at radius 2 is 1.93 bits per heavy atom. The fourth-order valence-corrected chi connectivity index (χ4v) is 4.21. The molecule has 0 bridgehead atoms. The Labute approximate surface area is 174 Å². The summed E-state index contributed by atoms with van der Waals surface area (Å²) in [6, 6.07) is 16.0. The van der Waals surface area contributed by atoms with Crippen LogP contribution in [0.15, 0.2) is 54.9 Å². The van der Waals surface area contributed by atoms with Gasteiger partial charge in [0.15, 0.2) is 5.65 Å². The van der Waals surface area contributed by atoms with E-state index in [0.29, 0.717) is 18.0 Å². The fraction of sp³-hybridized carbons (Fsp3) is 0.217. The molecule has 5 rings (SSSR count). The van der Waals surface area contributed by atoms with Crippen LogP contribution < -0.4 is 10.6 Å². The third-order valence-electron chi connectivity index (χ3n) is 5.83. The van der Waals surface area contributed by atoms with Crippen molar-refractivity contribution < 1.29 is 4.79 Å². The molecule has 0 fully saturated rings. The molecule has 1 aliphatic heterocycles. The first-order chi connectivity index (χ1) is 14.5. The Balaban J connectivity index is 1.50. The van der Waals surface area contributed by atoms with Gasteiger partial charge in [-0.1, -0.05) is 36.4 Å². The molecule has 1 atom stereocenters. The van der Waals surface area contributed by atoms with E-state index < -0.39 is 0 Å². The normalized spacial score (nSPS) is 14.1. The molecule has 4 aromatic rings. The average Bonchev–Trinajstić information content (AvgIpc) is 3.35. The van der Waals surface area contributed by atoms with Gasteiger partial charge < -0.3 is 10.6 Å². The monoisotopic (exact) mass is 398 g/mol. The van der Waals surface area contributed by atoms with E-state index in [-0.39, 0.29) is 11.8 Å². The summed E-state index contributed by atoms with van der Waals surface area (Å²) in [5, 5.41) is 5.38. The van der Waals surface area contributed by atoms with Gasteiger partial charge in [-0.2, -0.15) is 5.10 Å². The molecule has 1 amide bonds. The topological polar surface area (TPSA) is 89.9 Å². The van der Waals surface area contributed by atoms with Gasteiger partial charge in [0.1, 0.15) is 17.8 Å². The lowest BCUT2D eigenvalue weighted by atomic mass is 9.99. The van der Waals surface area contributed by atoms with Crippen LogP contribution in [0.4, 0.5) is 11.5 Å². The number of nitrogens with two attached hydrogens (primary N) is 1. The molecule has 0 saturated heterocycles. The van der Waals surface area contributed by atoms with Gasteiger partial charge in [-0.15, -0.1) is 0 Å². The van der Waals surface area contributed by atoms with Crippen molar-refractivity contribution in [1.82, 2.24) is 19.7 Å². The number of rotatable bonds is 3. The van der Waals surface area contributed by atoms with Gasteiger partial charge in [0, 0.05) is 24.8 Å². The van der Waals surface area contributed by atoms with E-state index in [0.717, 1.165) is 39.9 Å². The third kappa shape index (κ3) is 2.82. The van der Waals surface area contributed by atoms with E-state index in [9.17, 15) is 4.79 Å². The molecule has 0 unspecified atom stereocenters. The van der Waals surface area contributed by atoms with Gasteiger partial charge in [0.25, 0.3) is 0 Å². The molecule has 7 heteroatoms. The van der Waals surface area contributed by atoms with Gasteiger partial charge in [-0.25, -0.2) is 14.6 Å². The average molecular weight is 398 g/mol. The lowest BCUT2D eigenvalue weighted by molar-refractivity contribution is -0.119. The van der Waals surface area contributed by atoms with Gasteiger partial charge in [-0.05, 0) is 36.6 Å². The maximum absolute atomic E-state index is 13.2. The summed E-state index contributed by atoms with van der Waals surface area (Å²) >= 11 is 0. The first-order valence-corrected chi connectivity index (χ1v) is 9.97. The summed E-state index contributed by atoms with van der Waals surface area (Å²) in [5.74, 6) is 0.347. The molecule has 2 aromatic carbocycles. The molecule has 1 aliphatic rings. The highest BCUT2D eigenvalue weighted by Gasteiger charge is 2.29. The molecule has 150 valence electrons. The van der Waals surface area contributed by atoms with Crippen LogP contribution >= 0.6 is 0 Å². The highest BCUT2D eigenvalue weighted by molar-refractivity contribution is 6.01. The zero-order valence-corrected chi connectivity index (χ0v) is 16.9. The number of nitrogens with zero attached hydrogens (tertiary/aromatic N) is 5. The fourth-order valence-electron chi connectivity index (χ4n) is 4.21. The van der Waals surface area contributed by atoms with Crippen molar-refractivity contribution in [2.24, 2.45) is 7.05 Å². The second kappa shape index (κ2) is 6.95. The van der Waals surface area contributed by atoms with E-state index in [1.165, 1.54) is 6.33 Å². The van der Waals surface area contributed by atoms with Crippen molar-refractivity contribution in [3.05, 3.63) is 66.0 Å². The number of benzene rings is 2. The molecule has 2 aromatic heterocycles. The van der Waals surface area contributed by atoms with E-state index >= 15 is 0 Å². The maximum atomic E-state index is 13.2. The zero-order chi connectivity index (χ0) is 20.8. The molecular formula is C23H22N6O. The molecule has 0 spiro atoms. The van der Waals surface area contributed by atoms with Crippen LogP contribution in [0.5, 0.6) is 0 Å². The molecule has 0 radical (unpaired) electrons. The van der Waals surface area contributed by atoms with Gasteiger partial charge in [0.05, 0.1) is 11.3 Å². The molecule has 0 aliphatic carbocycles. The number of nitrogen functional groups attached to an aromatic ring is 1. The van der Waals surface area contributed by atoms with Crippen LogP contribution in [0, 0.1) is 0 Å². The van der Waals surface area contributed by atoms with Crippen LogP contribution in [0.2, 0.25) is 0 Å². The summed E-state index contributed by atoms with van der Waals surface area (Å²) < 4.78 is 1.72. The Kier molecular flexibility index (Phi) is 4.24. The van der Waals surface area contributed by atoms with Crippen molar-refractivity contribution in [2.45, 2.75) is 19.3 Å². The van der Waals surface area contributed by atoms with Crippen LogP contribution in [-0.4, -0.2) is 32.2 Å². The number of hydrogen-bond acceptors (Lipinski definition) is 5. The number of carbonyl (C=O) groups excluding carboxylic acids is 1. The Morgan fingerprint density at radius 3 is 2.73 bits per heavy atom. The predicted molar refractivity (Wildman–Crippen MR) is 117 cm³/mol. The van der Waals surface area contributed by atoms with E-state index in [4.69, 9.17) is 5.73 Å².